The van der Waals surface area contributed by atoms with Gasteiger partial charge in [0.25, 0.3) is 0 Å². The Kier molecular flexibility index (Phi) is 7.59. The lowest BCUT2D eigenvalue weighted by Crippen LogP contribution is -2.56. The number of sulfone groups is 1. The quantitative estimate of drug-likeness (QED) is 0.469. The van der Waals surface area contributed by atoms with Gasteiger partial charge in [-0.05, 0) is 76.2 Å². The summed E-state index contributed by atoms with van der Waals surface area (Å²) in [7, 11) is 0.906. The SMILES string of the molecule is CN(C)C1(c2ccccc2)CCC2(CC1)CN(CC(=O)Cc1cc(S(C)(=O)=O)ccn1)C(=O)N2CC1CCC1. The predicted octanol–water partition coefficient (Wildman–Crippen LogP) is 3.90. The molecule has 39 heavy (non-hydrogen) atoms. The number of carbonyl (C=O) groups is 2. The monoisotopic (exact) mass is 552 g/mol. The highest BCUT2D eigenvalue weighted by molar-refractivity contribution is 7.90. The van der Waals surface area contributed by atoms with Gasteiger partial charge in [0.05, 0.1) is 23.4 Å². The average molecular weight is 553 g/mol. The Morgan fingerprint density at radius 1 is 1.08 bits per heavy atom. The molecule has 2 saturated carbocycles. The van der Waals surface area contributed by atoms with Gasteiger partial charge >= 0.3 is 6.03 Å². The minimum atomic E-state index is -3.39. The molecule has 3 fully saturated rings. The van der Waals surface area contributed by atoms with Crippen molar-refractivity contribution in [1.82, 2.24) is 19.7 Å². The van der Waals surface area contributed by atoms with Crippen LogP contribution in [-0.2, 0) is 26.6 Å². The summed E-state index contributed by atoms with van der Waals surface area (Å²) in [4.78, 5) is 37.4. The Morgan fingerprint density at radius 3 is 2.36 bits per heavy atom. The van der Waals surface area contributed by atoms with E-state index in [9.17, 15) is 18.0 Å². The van der Waals surface area contributed by atoms with Crippen LogP contribution in [0.5, 0.6) is 0 Å². The van der Waals surface area contributed by atoms with Crippen molar-refractivity contribution in [3.63, 3.8) is 0 Å². The highest BCUT2D eigenvalue weighted by Gasteiger charge is 2.55. The number of hydrogen-bond donors (Lipinski definition) is 0. The van der Waals surface area contributed by atoms with Crippen LogP contribution in [0.4, 0.5) is 4.79 Å². The van der Waals surface area contributed by atoms with E-state index in [0.29, 0.717) is 18.2 Å². The Hall–Kier alpha value is -2.78. The zero-order valence-electron chi connectivity index (χ0n) is 23.3. The highest BCUT2D eigenvalue weighted by Crippen LogP contribution is 2.49. The number of amides is 2. The molecule has 0 unspecified atom stereocenters. The first-order chi connectivity index (χ1) is 18.5. The van der Waals surface area contributed by atoms with Gasteiger partial charge in [0, 0.05) is 36.8 Å². The summed E-state index contributed by atoms with van der Waals surface area (Å²) in [6.45, 7) is 1.34. The van der Waals surface area contributed by atoms with Crippen LogP contribution in [0, 0.1) is 5.92 Å². The van der Waals surface area contributed by atoms with E-state index in [2.05, 4.69) is 59.2 Å². The van der Waals surface area contributed by atoms with Gasteiger partial charge in [0.15, 0.2) is 15.6 Å². The highest BCUT2D eigenvalue weighted by atomic mass is 32.2. The summed E-state index contributed by atoms with van der Waals surface area (Å²) in [5, 5.41) is 0. The topological polar surface area (TPSA) is 90.9 Å². The van der Waals surface area contributed by atoms with Gasteiger partial charge in [0.2, 0.25) is 0 Å². The van der Waals surface area contributed by atoms with Gasteiger partial charge in [-0.2, -0.15) is 0 Å². The number of urea groups is 1. The van der Waals surface area contributed by atoms with Crippen LogP contribution in [0.15, 0.2) is 53.6 Å². The first-order valence-electron chi connectivity index (χ1n) is 14.0. The van der Waals surface area contributed by atoms with E-state index in [1.807, 2.05) is 0 Å². The molecular formula is C30H40N4O4S. The number of Topliss-reactive ketones (excluding diaryl/α,β-unsaturated/α-hetero) is 1. The maximum atomic E-state index is 13.8. The van der Waals surface area contributed by atoms with Crippen molar-refractivity contribution >= 4 is 21.7 Å². The van der Waals surface area contributed by atoms with Gasteiger partial charge in [-0.25, -0.2) is 13.2 Å². The number of nitrogens with zero attached hydrogens (tertiary/aromatic N) is 4. The standard InChI is InChI=1S/C30H40N4O4S/c1-32(2)30(24-10-5-4-6-11-24)15-13-29(14-16-30)22-33(28(36)34(29)20-23-8-7-9-23)21-26(35)18-25-19-27(12-17-31-25)39(3,37)38/h4-6,10-12,17,19,23H,7-9,13-16,18,20-22H2,1-3H3. The molecule has 0 atom stereocenters. The van der Waals surface area contributed by atoms with Crippen molar-refractivity contribution in [2.24, 2.45) is 5.92 Å². The van der Waals surface area contributed by atoms with Crippen LogP contribution in [0.1, 0.15) is 56.2 Å². The maximum Gasteiger partial charge on any atom is 0.321 e. The molecule has 0 bridgehead atoms. The molecule has 5 rings (SSSR count). The third-order valence-electron chi connectivity index (χ3n) is 9.36. The second kappa shape index (κ2) is 10.7. The molecule has 1 saturated heterocycles. The summed E-state index contributed by atoms with van der Waals surface area (Å²) in [5.41, 5.74) is 1.38. The molecule has 2 aromatic rings. The summed E-state index contributed by atoms with van der Waals surface area (Å²) < 4.78 is 23.8. The largest absolute Gasteiger partial charge is 0.321 e. The number of ketones is 1. The predicted molar refractivity (Wildman–Crippen MR) is 150 cm³/mol. The molecule has 0 radical (unpaired) electrons. The van der Waals surface area contributed by atoms with E-state index in [1.54, 1.807) is 4.90 Å². The van der Waals surface area contributed by atoms with Gasteiger partial charge in [-0.15, -0.1) is 0 Å². The molecule has 1 aromatic carbocycles. The molecule has 2 heterocycles. The first-order valence-corrected chi connectivity index (χ1v) is 15.9. The minimum absolute atomic E-state index is 0.000509. The molecule has 210 valence electrons. The molecule has 2 amide bonds. The van der Waals surface area contributed by atoms with Gasteiger partial charge in [-0.1, -0.05) is 36.8 Å². The van der Waals surface area contributed by atoms with Crippen molar-refractivity contribution in [1.29, 1.82) is 0 Å². The van der Waals surface area contributed by atoms with Crippen molar-refractivity contribution in [3.05, 3.63) is 59.9 Å². The molecule has 1 spiro atoms. The number of hydrogen-bond acceptors (Lipinski definition) is 6. The van der Waals surface area contributed by atoms with Crippen molar-refractivity contribution in [3.8, 4) is 0 Å². The number of pyridine rings is 1. The fraction of sp³-hybridized carbons (Fsp3) is 0.567. The van der Waals surface area contributed by atoms with E-state index >= 15 is 0 Å². The van der Waals surface area contributed by atoms with Crippen LogP contribution in [0.2, 0.25) is 0 Å². The minimum Gasteiger partial charge on any atom is -0.317 e. The normalized spacial score (nSPS) is 25.9. The third kappa shape index (κ3) is 5.48. The first kappa shape index (κ1) is 27.8. The van der Waals surface area contributed by atoms with Gasteiger partial charge in [0.1, 0.15) is 0 Å². The molecule has 8 nitrogen and oxygen atoms in total. The van der Waals surface area contributed by atoms with E-state index < -0.39 is 9.84 Å². The molecule has 1 aromatic heterocycles. The van der Waals surface area contributed by atoms with Crippen molar-refractivity contribution in [2.75, 3.05) is 40.0 Å². The number of rotatable bonds is 9. The van der Waals surface area contributed by atoms with E-state index in [1.165, 1.54) is 30.3 Å². The lowest BCUT2D eigenvalue weighted by Gasteiger charge is -2.51. The number of aromatic nitrogens is 1. The lowest BCUT2D eigenvalue weighted by molar-refractivity contribution is -0.119. The molecule has 0 N–H and O–H groups in total. The zero-order chi connectivity index (χ0) is 27.8. The number of carbonyl (C=O) groups excluding carboxylic acids is 2. The molecular weight excluding hydrogens is 512 g/mol. The smallest absolute Gasteiger partial charge is 0.317 e. The fourth-order valence-electron chi connectivity index (χ4n) is 6.76. The average Bonchev–Trinajstić information content (AvgIpc) is 3.11. The van der Waals surface area contributed by atoms with E-state index in [0.717, 1.165) is 51.3 Å². The fourth-order valence-corrected chi connectivity index (χ4v) is 7.42. The van der Waals surface area contributed by atoms with Crippen LogP contribution in [0.3, 0.4) is 0 Å². The second-order valence-corrected chi connectivity index (χ2v) is 14.0. The summed E-state index contributed by atoms with van der Waals surface area (Å²) in [5.74, 6) is 0.406. The molecule has 2 aliphatic carbocycles. The molecule has 3 aliphatic rings. The van der Waals surface area contributed by atoms with Gasteiger partial charge < -0.3 is 9.80 Å². The van der Waals surface area contributed by atoms with Crippen molar-refractivity contribution < 1.29 is 18.0 Å². The van der Waals surface area contributed by atoms with Crippen LogP contribution < -0.4 is 0 Å². The summed E-state index contributed by atoms with van der Waals surface area (Å²) in [6.07, 6.45) is 9.77. The van der Waals surface area contributed by atoms with E-state index in [-0.39, 0.29) is 40.8 Å². The summed E-state index contributed by atoms with van der Waals surface area (Å²) >= 11 is 0. The molecule has 1 aliphatic heterocycles. The maximum absolute atomic E-state index is 13.8. The van der Waals surface area contributed by atoms with Crippen molar-refractivity contribution in [2.45, 2.75) is 67.3 Å². The van der Waals surface area contributed by atoms with Crippen LogP contribution in [-0.4, -0.2) is 85.4 Å². The van der Waals surface area contributed by atoms with Crippen LogP contribution in [0.25, 0.3) is 0 Å². The Labute approximate surface area is 232 Å². The lowest BCUT2D eigenvalue weighted by atomic mass is 9.68. The third-order valence-corrected chi connectivity index (χ3v) is 10.5. The second-order valence-electron chi connectivity index (χ2n) is 12.0. The Bertz CT molecular complexity index is 1320. The Balaban J connectivity index is 1.33. The Morgan fingerprint density at radius 2 is 1.77 bits per heavy atom. The summed E-state index contributed by atoms with van der Waals surface area (Å²) in [6, 6.07) is 13.5. The number of benzene rings is 1. The van der Waals surface area contributed by atoms with Gasteiger partial charge in [-0.3, -0.25) is 14.7 Å². The molecule has 9 heteroatoms. The zero-order valence-corrected chi connectivity index (χ0v) is 24.1. The van der Waals surface area contributed by atoms with Crippen LogP contribution >= 0.6 is 0 Å². The van der Waals surface area contributed by atoms with E-state index in [4.69, 9.17) is 0 Å².